The first-order valence-corrected chi connectivity index (χ1v) is 7.23. The van der Waals surface area contributed by atoms with Crippen LogP contribution in [0.15, 0.2) is 24.3 Å². The number of urea groups is 1. The number of halogens is 1. The molecule has 1 aromatic rings. The molecule has 22 heavy (non-hydrogen) atoms. The number of nitrogens with two attached hydrogens (primary N) is 2. The number of anilines is 1. The van der Waals surface area contributed by atoms with E-state index >= 15 is 0 Å². The van der Waals surface area contributed by atoms with Crippen LogP contribution in [-0.4, -0.2) is 18.0 Å². The third-order valence-corrected chi connectivity index (χ3v) is 3.77. The molecule has 3 amide bonds. The molecule has 7 heteroatoms. The summed E-state index contributed by atoms with van der Waals surface area (Å²) in [4.78, 5) is 22.8. The van der Waals surface area contributed by atoms with Gasteiger partial charge in [-0.25, -0.2) is 4.79 Å². The Balaban J connectivity index is 0.00000242. The fourth-order valence-electron chi connectivity index (χ4n) is 2.61. The Bertz CT molecular complexity index is 507. The number of primary amides is 1. The standard InChI is InChI=1S/C15H22N4O2.ClH/c16-12-3-1-2-11(8-12)14(20)19-13-6-4-10(5-7-13)9-18-15(17)21;/h4-7,11-12H,1-3,8-9,16H2,(H,19,20)(H3,17,18,21);1H. The summed E-state index contributed by atoms with van der Waals surface area (Å²) in [6.07, 6.45) is 3.68. The largest absolute Gasteiger partial charge is 0.352 e. The minimum Gasteiger partial charge on any atom is -0.352 e. The number of amides is 3. The fraction of sp³-hybridized carbons (Fsp3) is 0.467. The second-order valence-electron chi connectivity index (χ2n) is 5.53. The van der Waals surface area contributed by atoms with E-state index in [-0.39, 0.29) is 30.3 Å². The Morgan fingerprint density at radius 3 is 2.45 bits per heavy atom. The van der Waals surface area contributed by atoms with Crippen LogP contribution in [0.3, 0.4) is 0 Å². The van der Waals surface area contributed by atoms with Crippen molar-refractivity contribution in [2.45, 2.75) is 38.3 Å². The summed E-state index contributed by atoms with van der Waals surface area (Å²) in [5, 5.41) is 5.43. The Labute approximate surface area is 136 Å². The first kappa shape index (κ1) is 18.3. The van der Waals surface area contributed by atoms with Crippen molar-refractivity contribution >= 4 is 30.0 Å². The van der Waals surface area contributed by atoms with Crippen molar-refractivity contribution in [2.24, 2.45) is 17.4 Å². The summed E-state index contributed by atoms with van der Waals surface area (Å²) in [5.74, 6) is 0.0399. The summed E-state index contributed by atoms with van der Waals surface area (Å²) < 4.78 is 0. The summed E-state index contributed by atoms with van der Waals surface area (Å²) in [5.41, 5.74) is 12.6. The zero-order chi connectivity index (χ0) is 15.2. The molecule has 0 aromatic heterocycles. The highest BCUT2D eigenvalue weighted by atomic mass is 35.5. The van der Waals surface area contributed by atoms with E-state index in [1.165, 1.54) is 0 Å². The number of carbonyl (C=O) groups is 2. The molecule has 1 aliphatic carbocycles. The van der Waals surface area contributed by atoms with E-state index in [2.05, 4.69) is 10.6 Å². The van der Waals surface area contributed by atoms with Crippen molar-refractivity contribution in [3.63, 3.8) is 0 Å². The molecule has 1 fully saturated rings. The lowest BCUT2D eigenvalue weighted by molar-refractivity contribution is -0.120. The van der Waals surface area contributed by atoms with Crippen LogP contribution in [0.2, 0.25) is 0 Å². The Morgan fingerprint density at radius 1 is 1.18 bits per heavy atom. The van der Waals surface area contributed by atoms with Crippen molar-refractivity contribution in [1.82, 2.24) is 5.32 Å². The molecule has 0 radical (unpaired) electrons. The van der Waals surface area contributed by atoms with Gasteiger partial charge in [0.25, 0.3) is 0 Å². The van der Waals surface area contributed by atoms with Gasteiger partial charge in [-0.2, -0.15) is 0 Å². The quantitative estimate of drug-likeness (QED) is 0.676. The highest BCUT2D eigenvalue weighted by Gasteiger charge is 2.25. The Morgan fingerprint density at radius 2 is 1.86 bits per heavy atom. The number of rotatable bonds is 4. The van der Waals surface area contributed by atoms with E-state index in [0.29, 0.717) is 6.54 Å². The van der Waals surface area contributed by atoms with Crippen LogP contribution in [0, 0.1) is 5.92 Å². The van der Waals surface area contributed by atoms with Gasteiger partial charge in [0.1, 0.15) is 0 Å². The van der Waals surface area contributed by atoms with Gasteiger partial charge >= 0.3 is 6.03 Å². The average molecular weight is 327 g/mol. The van der Waals surface area contributed by atoms with E-state index in [0.717, 1.165) is 36.9 Å². The van der Waals surface area contributed by atoms with Crippen molar-refractivity contribution in [1.29, 1.82) is 0 Å². The molecular weight excluding hydrogens is 304 g/mol. The fourth-order valence-corrected chi connectivity index (χ4v) is 2.61. The van der Waals surface area contributed by atoms with Gasteiger partial charge in [0.15, 0.2) is 0 Å². The number of nitrogens with one attached hydrogen (secondary N) is 2. The molecule has 0 aliphatic heterocycles. The van der Waals surface area contributed by atoms with Crippen molar-refractivity contribution in [3.8, 4) is 0 Å². The zero-order valence-corrected chi connectivity index (χ0v) is 13.2. The van der Waals surface area contributed by atoms with Crippen LogP contribution >= 0.6 is 12.4 Å². The molecule has 0 heterocycles. The lowest BCUT2D eigenvalue weighted by atomic mass is 9.85. The van der Waals surface area contributed by atoms with Gasteiger partial charge < -0.3 is 22.1 Å². The smallest absolute Gasteiger partial charge is 0.312 e. The van der Waals surface area contributed by atoms with Crippen LogP contribution in [-0.2, 0) is 11.3 Å². The van der Waals surface area contributed by atoms with Gasteiger partial charge in [0.05, 0.1) is 0 Å². The van der Waals surface area contributed by atoms with Crippen LogP contribution in [0.25, 0.3) is 0 Å². The summed E-state index contributed by atoms with van der Waals surface area (Å²) >= 11 is 0. The first-order valence-electron chi connectivity index (χ1n) is 7.23. The number of benzene rings is 1. The predicted octanol–water partition coefficient (Wildman–Crippen LogP) is 1.73. The molecule has 2 unspecified atom stereocenters. The molecule has 6 nitrogen and oxygen atoms in total. The number of hydrogen-bond donors (Lipinski definition) is 4. The van der Waals surface area contributed by atoms with Gasteiger partial charge in [0, 0.05) is 24.2 Å². The van der Waals surface area contributed by atoms with Crippen molar-refractivity contribution < 1.29 is 9.59 Å². The summed E-state index contributed by atoms with van der Waals surface area (Å²) in [6, 6.07) is 6.91. The second kappa shape index (κ2) is 8.60. The Kier molecular flexibility index (Phi) is 7.14. The monoisotopic (exact) mass is 326 g/mol. The summed E-state index contributed by atoms with van der Waals surface area (Å²) in [6.45, 7) is 0.376. The maximum atomic E-state index is 12.2. The highest BCUT2D eigenvalue weighted by Crippen LogP contribution is 2.24. The van der Waals surface area contributed by atoms with Crippen LogP contribution in [0.1, 0.15) is 31.2 Å². The highest BCUT2D eigenvalue weighted by molar-refractivity contribution is 5.92. The number of carbonyl (C=O) groups excluding carboxylic acids is 2. The van der Waals surface area contributed by atoms with Crippen molar-refractivity contribution in [2.75, 3.05) is 5.32 Å². The zero-order valence-electron chi connectivity index (χ0n) is 12.4. The predicted molar refractivity (Wildman–Crippen MR) is 88.7 cm³/mol. The molecule has 2 atom stereocenters. The molecule has 0 saturated heterocycles. The van der Waals surface area contributed by atoms with Crippen molar-refractivity contribution in [3.05, 3.63) is 29.8 Å². The van der Waals surface area contributed by atoms with E-state index < -0.39 is 6.03 Å². The number of hydrogen-bond acceptors (Lipinski definition) is 3. The van der Waals surface area contributed by atoms with Gasteiger partial charge in [-0.1, -0.05) is 18.6 Å². The minimum absolute atomic E-state index is 0. The normalized spacial score (nSPS) is 20.6. The molecule has 1 aliphatic rings. The molecule has 1 aromatic carbocycles. The van der Waals surface area contributed by atoms with Crippen LogP contribution < -0.4 is 22.1 Å². The lowest BCUT2D eigenvalue weighted by Gasteiger charge is -2.25. The average Bonchev–Trinajstić information content (AvgIpc) is 2.46. The van der Waals surface area contributed by atoms with E-state index in [1.807, 2.05) is 24.3 Å². The minimum atomic E-state index is -0.555. The van der Waals surface area contributed by atoms with Crippen LogP contribution in [0.4, 0.5) is 10.5 Å². The molecule has 122 valence electrons. The third kappa shape index (κ3) is 5.54. The Hall–Kier alpha value is -1.79. The van der Waals surface area contributed by atoms with Gasteiger partial charge in [-0.05, 0) is 37.0 Å². The SMILES string of the molecule is Cl.NC(=O)NCc1ccc(NC(=O)C2CCCC(N)C2)cc1. The molecule has 0 bridgehead atoms. The first-order chi connectivity index (χ1) is 10.0. The van der Waals surface area contributed by atoms with E-state index in [4.69, 9.17) is 11.5 Å². The lowest BCUT2D eigenvalue weighted by Crippen LogP contribution is -2.34. The molecule has 6 N–H and O–H groups in total. The van der Waals surface area contributed by atoms with Crippen LogP contribution in [0.5, 0.6) is 0 Å². The molecular formula is C15H23ClN4O2. The topological polar surface area (TPSA) is 110 Å². The second-order valence-corrected chi connectivity index (χ2v) is 5.53. The molecule has 0 spiro atoms. The summed E-state index contributed by atoms with van der Waals surface area (Å²) in [7, 11) is 0. The van der Waals surface area contributed by atoms with E-state index in [1.54, 1.807) is 0 Å². The molecule has 2 rings (SSSR count). The molecule has 1 saturated carbocycles. The van der Waals surface area contributed by atoms with Gasteiger partial charge in [0.2, 0.25) is 5.91 Å². The van der Waals surface area contributed by atoms with Gasteiger partial charge in [-0.15, -0.1) is 12.4 Å². The van der Waals surface area contributed by atoms with E-state index in [9.17, 15) is 9.59 Å². The third-order valence-electron chi connectivity index (χ3n) is 3.77. The van der Waals surface area contributed by atoms with Gasteiger partial charge in [-0.3, -0.25) is 4.79 Å². The maximum Gasteiger partial charge on any atom is 0.312 e. The maximum absolute atomic E-state index is 12.2.